The molecule has 3 atom stereocenters. The number of alkyl halides is 3. The molecule has 21 heavy (non-hydrogen) atoms. The van der Waals surface area contributed by atoms with Gasteiger partial charge in [0.2, 0.25) is 0 Å². The molecule has 3 N–H and O–H groups in total. The first-order valence-corrected chi connectivity index (χ1v) is 7.49. The molecule has 1 saturated carbocycles. The van der Waals surface area contributed by atoms with Gasteiger partial charge in [-0.3, -0.25) is 11.3 Å². The van der Waals surface area contributed by atoms with Crippen LogP contribution < -0.4 is 11.3 Å². The summed E-state index contributed by atoms with van der Waals surface area (Å²) >= 11 is 6.11. The van der Waals surface area contributed by atoms with Gasteiger partial charge in [0.15, 0.2) is 0 Å². The van der Waals surface area contributed by atoms with Gasteiger partial charge in [-0.15, -0.1) is 0 Å². The molecule has 0 radical (unpaired) electrons. The van der Waals surface area contributed by atoms with Crippen molar-refractivity contribution in [1.29, 1.82) is 0 Å². The van der Waals surface area contributed by atoms with Crippen LogP contribution in [0.1, 0.15) is 42.9 Å². The van der Waals surface area contributed by atoms with Gasteiger partial charge in [-0.1, -0.05) is 30.2 Å². The lowest BCUT2D eigenvalue weighted by atomic mass is 9.76. The van der Waals surface area contributed by atoms with E-state index in [9.17, 15) is 13.2 Å². The molecule has 118 valence electrons. The van der Waals surface area contributed by atoms with Gasteiger partial charge in [0.25, 0.3) is 0 Å². The van der Waals surface area contributed by atoms with Crippen molar-refractivity contribution < 1.29 is 13.2 Å². The molecule has 0 bridgehead atoms. The lowest BCUT2D eigenvalue weighted by molar-refractivity contribution is -0.186. The molecule has 1 aromatic rings. The van der Waals surface area contributed by atoms with Gasteiger partial charge < -0.3 is 0 Å². The highest BCUT2D eigenvalue weighted by Gasteiger charge is 2.43. The molecule has 0 saturated heterocycles. The topological polar surface area (TPSA) is 38.0 Å². The minimum Gasteiger partial charge on any atom is -0.271 e. The molecule has 0 spiro atoms. The fraction of sp³-hybridized carbons (Fsp3) is 0.600. The largest absolute Gasteiger partial charge is 0.391 e. The second-order valence-corrected chi connectivity index (χ2v) is 6.23. The monoisotopic (exact) mass is 320 g/mol. The van der Waals surface area contributed by atoms with Crippen molar-refractivity contribution in [3.8, 4) is 0 Å². The Morgan fingerprint density at radius 3 is 2.62 bits per heavy atom. The fourth-order valence-corrected chi connectivity index (χ4v) is 3.32. The van der Waals surface area contributed by atoms with E-state index < -0.39 is 12.1 Å². The predicted molar refractivity (Wildman–Crippen MR) is 77.8 cm³/mol. The van der Waals surface area contributed by atoms with E-state index in [1.807, 2.05) is 19.1 Å². The number of halogens is 4. The molecule has 2 nitrogen and oxygen atoms in total. The average molecular weight is 321 g/mol. The standard InChI is InChI=1S/C15H20ClF3N2/c1-9-5-6-11(8-13(9)16)14(21-20)10-3-2-4-12(7-10)15(17,18)19/h5-6,8,10,12,14,21H,2-4,7,20H2,1H3. The van der Waals surface area contributed by atoms with Gasteiger partial charge in [-0.25, -0.2) is 0 Å². The molecule has 2 rings (SSSR count). The lowest BCUT2D eigenvalue weighted by Gasteiger charge is -2.35. The molecular formula is C15H20ClF3N2. The van der Waals surface area contributed by atoms with Crippen LogP contribution in [0.3, 0.4) is 0 Å². The number of hydrazine groups is 1. The molecule has 1 fully saturated rings. The van der Waals surface area contributed by atoms with E-state index >= 15 is 0 Å². The average Bonchev–Trinajstić information content (AvgIpc) is 2.43. The number of aryl methyl sites for hydroxylation is 1. The molecule has 0 aromatic heterocycles. The second-order valence-electron chi connectivity index (χ2n) is 5.82. The summed E-state index contributed by atoms with van der Waals surface area (Å²) in [7, 11) is 0. The summed E-state index contributed by atoms with van der Waals surface area (Å²) in [6.45, 7) is 1.89. The third-order valence-corrected chi connectivity index (χ3v) is 4.79. The van der Waals surface area contributed by atoms with Crippen LogP contribution in [-0.2, 0) is 0 Å². The number of hydrogen-bond donors (Lipinski definition) is 2. The molecule has 0 aliphatic heterocycles. The Morgan fingerprint density at radius 2 is 2.05 bits per heavy atom. The second kappa shape index (κ2) is 6.55. The first-order valence-electron chi connectivity index (χ1n) is 7.11. The Kier molecular flexibility index (Phi) is 5.17. The molecule has 0 amide bonds. The number of nitrogens with one attached hydrogen (secondary N) is 1. The maximum atomic E-state index is 12.9. The van der Waals surface area contributed by atoms with Gasteiger partial charge in [-0.05, 0) is 49.3 Å². The summed E-state index contributed by atoms with van der Waals surface area (Å²) in [6, 6.07) is 5.24. The third kappa shape index (κ3) is 3.90. The van der Waals surface area contributed by atoms with Gasteiger partial charge >= 0.3 is 6.18 Å². The number of hydrogen-bond acceptors (Lipinski definition) is 2. The SMILES string of the molecule is Cc1ccc(C(NN)C2CCCC(C(F)(F)F)C2)cc1Cl. The van der Waals surface area contributed by atoms with Crippen molar-refractivity contribution in [2.45, 2.75) is 44.8 Å². The van der Waals surface area contributed by atoms with E-state index in [1.165, 1.54) is 0 Å². The van der Waals surface area contributed by atoms with Crippen molar-refractivity contribution >= 4 is 11.6 Å². The molecular weight excluding hydrogens is 301 g/mol. The van der Waals surface area contributed by atoms with Gasteiger partial charge in [0.05, 0.1) is 5.92 Å². The summed E-state index contributed by atoms with van der Waals surface area (Å²) in [4.78, 5) is 0. The molecule has 1 aromatic carbocycles. The van der Waals surface area contributed by atoms with Gasteiger partial charge in [0.1, 0.15) is 0 Å². The Morgan fingerprint density at radius 1 is 1.33 bits per heavy atom. The number of rotatable bonds is 3. The Hall–Kier alpha value is -0.780. The normalized spacial score (nSPS) is 24.9. The number of nitrogens with two attached hydrogens (primary N) is 1. The van der Waals surface area contributed by atoms with E-state index in [4.69, 9.17) is 17.4 Å². The maximum Gasteiger partial charge on any atom is 0.391 e. The van der Waals surface area contributed by atoms with Crippen LogP contribution in [0, 0.1) is 18.8 Å². The van der Waals surface area contributed by atoms with Crippen LogP contribution in [-0.4, -0.2) is 6.18 Å². The molecule has 1 aliphatic carbocycles. The van der Waals surface area contributed by atoms with Crippen LogP contribution in [0.5, 0.6) is 0 Å². The van der Waals surface area contributed by atoms with Crippen molar-refractivity contribution in [3.05, 3.63) is 34.3 Å². The Labute approximate surface area is 127 Å². The summed E-state index contributed by atoms with van der Waals surface area (Å²) in [6.07, 6.45) is -2.47. The predicted octanol–water partition coefficient (Wildman–Crippen LogP) is 4.52. The smallest absolute Gasteiger partial charge is 0.271 e. The molecule has 1 aliphatic rings. The summed E-state index contributed by atoms with van der Waals surface area (Å²) < 4.78 is 38.8. The fourth-order valence-electron chi connectivity index (χ4n) is 3.13. The molecule has 0 heterocycles. The lowest BCUT2D eigenvalue weighted by Crippen LogP contribution is -2.38. The van der Waals surface area contributed by atoms with Crippen LogP contribution in [0.25, 0.3) is 0 Å². The Balaban J connectivity index is 2.18. The minimum atomic E-state index is -4.12. The van der Waals surface area contributed by atoms with Gasteiger partial charge in [-0.2, -0.15) is 13.2 Å². The van der Waals surface area contributed by atoms with Crippen LogP contribution in [0.2, 0.25) is 5.02 Å². The van der Waals surface area contributed by atoms with Crippen molar-refractivity contribution in [2.75, 3.05) is 0 Å². The first-order chi connectivity index (χ1) is 9.82. The Bertz CT molecular complexity index is 490. The zero-order valence-corrected chi connectivity index (χ0v) is 12.6. The van der Waals surface area contributed by atoms with Crippen LogP contribution >= 0.6 is 11.6 Å². The summed E-state index contributed by atoms with van der Waals surface area (Å²) in [5, 5.41) is 0.607. The quantitative estimate of drug-likeness (QED) is 0.634. The first kappa shape index (κ1) is 16.6. The van der Waals surface area contributed by atoms with Crippen LogP contribution in [0.15, 0.2) is 18.2 Å². The highest BCUT2D eigenvalue weighted by Crippen LogP contribution is 2.44. The van der Waals surface area contributed by atoms with Crippen LogP contribution in [0.4, 0.5) is 13.2 Å². The zero-order valence-electron chi connectivity index (χ0n) is 11.9. The summed E-state index contributed by atoms with van der Waals surface area (Å²) in [5.74, 6) is 4.24. The molecule has 6 heteroatoms. The third-order valence-electron chi connectivity index (χ3n) is 4.38. The molecule has 3 unspecified atom stereocenters. The zero-order chi connectivity index (χ0) is 15.6. The van der Waals surface area contributed by atoms with Gasteiger partial charge in [0, 0.05) is 11.1 Å². The summed E-state index contributed by atoms with van der Waals surface area (Å²) in [5.41, 5.74) is 4.47. The highest BCUT2D eigenvalue weighted by molar-refractivity contribution is 6.31. The maximum absolute atomic E-state index is 12.9. The van der Waals surface area contributed by atoms with E-state index in [1.54, 1.807) is 6.07 Å². The minimum absolute atomic E-state index is 0.115. The van der Waals surface area contributed by atoms with Crippen molar-refractivity contribution in [3.63, 3.8) is 0 Å². The van der Waals surface area contributed by atoms with E-state index in [0.29, 0.717) is 11.4 Å². The number of benzene rings is 1. The van der Waals surface area contributed by atoms with E-state index in [2.05, 4.69) is 5.43 Å². The van der Waals surface area contributed by atoms with E-state index in [-0.39, 0.29) is 24.8 Å². The van der Waals surface area contributed by atoms with E-state index in [0.717, 1.165) is 17.5 Å². The van der Waals surface area contributed by atoms with Crippen molar-refractivity contribution in [2.24, 2.45) is 17.7 Å². The highest BCUT2D eigenvalue weighted by atomic mass is 35.5. The van der Waals surface area contributed by atoms with Crippen molar-refractivity contribution in [1.82, 2.24) is 5.43 Å².